The Balaban J connectivity index is 1.95. The third-order valence-corrected chi connectivity index (χ3v) is 4.59. The lowest BCUT2D eigenvalue weighted by Gasteiger charge is -2.35. The zero-order valence-electron chi connectivity index (χ0n) is 14.4. The standard InChI is InChI=1S/C16H24N6O2S/c1-13-19-15(18-12-25-14(11-24)10-17-2)9-16(20-13)22-5-3-21(4-6-22)7-8-23/h9-11,23H,2-8,12H2,1H3,(H,18,19,20)/b14-10-. The molecule has 2 rings (SSSR count). The Hall–Kier alpha value is -1.97. The molecule has 25 heavy (non-hydrogen) atoms. The van der Waals surface area contributed by atoms with Gasteiger partial charge in [0, 0.05) is 45.0 Å². The fourth-order valence-electron chi connectivity index (χ4n) is 2.53. The molecular formula is C16H24N6O2S. The Morgan fingerprint density at radius 1 is 1.44 bits per heavy atom. The van der Waals surface area contributed by atoms with Crippen LogP contribution in [0.1, 0.15) is 5.82 Å². The van der Waals surface area contributed by atoms with Gasteiger partial charge in [0.2, 0.25) is 0 Å². The number of rotatable bonds is 9. The summed E-state index contributed by atoms with van der Waals surface area (Å²) in [4.78, 5) is 28.4. The summed E-state index contributed by atoms with van der Waals surface area (Å²) >= 11 is 1.34. The van der Waals surface area contributed by atoms with E-state index in [9.17, 15) is 4.79 Å². The molecule has 0 aliphatic carbocycles. The minimum absolute atomic E-state index is 0.191. The fraction of sp³-hybridized carbons (Fsp3) is 0.500. The van der Waals surface area contributed by atoms with E-state index in [1.54, 1.807) is 0 Å². The van der Waals surface area contributed by atoms with Gasteiger partial charge >= 0.3 is 0 Å². The molecule has 0 aromatic carbocycles. The smallest absolute Gasteiger partial charge is 0.158 e. The first kappa shape index (κ1) is 19.4. The summed E-state index contributed by atoms with van der Waals surface area (Å²) in [6.07, 6.45) is 2.19. The van der Waals surface area contributed by atoms with Gasteiger partial charge in [-0.05, 0) is 13.6 Å². The molecular weight excluding hydrogens is 340 g/mol. The maximum absolute atomic E-state index is 10.9. The van der Waals surface area contributed by atoms with Gasteiger partial charge in [-0.15, -0.1) is 0 Å². The number of nitrogens with zero attached hydrogens (tertiary/aromatic N) is 5. The molecule has 0 bridgehead atoms. The molecule has 0 spiro atoms. The van der Waals surface area contributed by atoms with Crippen LogP contribution in [0.5, 0.6) is 0 Å². The molecule has 1 aromatic heterocycles. The number of anilines is 2. The van der Waals surface area contributed by atoms with Crippen LogP contribution in [-0.4, -0.2) is 78.2 Å². The molecule has 0 amide bonds. The number of aliphatic hydroxyl groups excluding tert-OH is 1. The van der Waals surface area contributed by atoms with E-state index in [1.165, 1.54) is 18.0 Å². The van der Waals surface area contributed by atoms with Crippen molar-refractivity contribution in [2.75, 3.05) is 55.4 Å². The molecule has 2 N–H and O–H groups in total. The van der Waals surface area contributed by atoms with Crippen LogP contribution in [0.25, 0.3) is 0 Å². The Morgan fingerprint density at radius 2 is 2.20 bits per heavy atom. The lowest BCUT2D eigenvalue weighted by Crippen LogP contribution is -2.47. The van der Waals surface area contributed by atoms with Gasteiger partial charge in [0.25, 0.3) is 0 Å². The van der Waals surface area contributed by atoms with Crippen LogP contribution in [0.15, 0.2) is 22.2 Å². The summed E-state index contributed by atoms with van der Waals surface area (Å²) < 4.78 is 0. The van der Waals surface area contributed by atoms with Crippen molar-refractivity contribution >= 4 is 36.4 Å². The Bertz CT molecular complexity index is 617. The number of piperazine rings is 1. The number of aldehydes is 1. The normalized spacial score (nSPS) is 15.9. The minimum atomic E-state index is 0.191. The second-order valence-corrected chi connectivity index (χ2v) is 6.56. The van der Waals surface area contributed by atoms with Gasteiger partial charge in [-0.25, -0.2) is 9.97 Å². The molecule has 0 radical (unpaired) electrons. The van der Waals surface area contributed by atoms with Gasteiger partial charge < -0.3 is 15.3 Å². The van der Waals surface area contributed by atoms with Gasteiger partial charge in [0.05, 0.1) is 17.4 Å². The molecule has 1 aromatic rings. The monoisotopic (exact) mass is 364 g/mol. The van der Waals surface area contributed by atoms with Gasteiger partial charge in [0.15, 0.2) is 6.29 Å². The van der Waals surface area contributed by atoms with E-state index >= 15 is 0 Å². The molecule has 2 heterocycles. The average Bonchev–Trinajstić information content (AvgIpc) is 2.61. The molecule has 0 saturated carbocycles. The lowest BCUT2D eigenvalue weighted by atomic mass is 10.3. The molecule has 1 fully saturated rings. The minimum Gasteiger partial charge on any atom is -0.395 e. The second-order valence-electron chi connectivity index (χ2n) is 5.51. The van der Waals surface area contributed by atoms with Crippen LogP contribution < -0.4 is 10.2 Å². The van der Waals surface area contributed by atoms with Crippen molar-refractivity contribution in [2.45, 2.75) is 6.92 Å². The summed E-state index contributed by atoms with van der Waals surface area (Å²) in [7, 11) is 0. The largest absolute Gasteiger partial charge is 0.395 e. The highest BCUT2D eigenvalue weighted by molar-refractivity contribution is 8.03. The van der Waals surface area contributed by atoms with Crippen LogP contribution >= 0.6 is 11.8 Å². The number of thioether (sulfide) groups is 1. The third-order valence-electron chi connectivity index (χ3n) is 3.76. The van der Waals surface area contributed by atoms with Gasteiger partial charge in [-0.2, -0.15) is 0 Å². The second kappa shape index (κ2) is 10.1. The number of allylic oxidation sites excluding steroid dienone is 1. The van der Waals surface area contributed by atoms with Gasteiger partial charge in [-0.3, -0.25) is 14.7 Å². The number of aryl methyl sites for hydroxylation is 1. The topological polar surface area (TPSA) is 94.0 Å². The highest BCUT2D eigenvalue weighted by Crippen LogP contribution is 2.19. The van der Waals surface area contributed by atoms with Crippen LogP contribution in [0, 0.1) is 6.92 Å². The lowest BCUT2D eigenvalue weighted by molar-refractivity contribution is -0.104. The zero-order chi connectivity index (χ0) is 18.1. The quantitative estimate of drug-likeness (QED) is 0.287. The predicted molar refractivity (Wildman–Crippen MR) is 102 cm³/mol. The molecule has 1 aliphatic heterocycles. The first-order chi connectivity index (χ1) is 12.2. The van der Waals surface area contributed by atoms with E-state index in [0.717, 1.165) is 44.1 Å². The van der Waals surface area contributed by atoms with E-state index in [-0.39, 0.29) is 6.61 Å². The molecule has 136 valence electrons. The van der Waals surface area contributed by atoms with Crippen molar-refractivity contribution in [3.63, 3.8) is 0 Å². The predicted octanol–water partition coefficient (Wildman–Crippen LogP) is 0.743. The number of carbonyl (C=O) groups is 1. The number of β-amino-alcohol motifs (C(OH)–C–C–N with tert-alkyl or cyclic N) is 1. The Labute approximate surface area is 152 Å². The first-order valence-electron chi connectivity index (χ1n) is 8.08. The van der Waals surface area contributed by atoms with Gasteiger partial charge in [-0.1, -0.05) is 11.8 Å². The van der Waals surface area contributed by atoms with E-state index in [2.05, 4.69) is 36.8 Å². The van der Waals surface area contributed by atoms with Crippen molar-refractivity contribution < 1.29 is 9.90 Å². The van der Waals surface area contributed by atoms with E-state index in [1.807, 2.05) is 13.0 Å². The molecule has 1 saturated heterocycles. The van der Waals surface area contributed by atoms with E-state index in [0.29, 0.717) is 23.2 Å². The number of aromatic nitrogens is 2. The van der Waals surface area contributed by atoms with Crippen molar-refractivity contribution in [3.05, 3.63) is 23.0 Å². The Kier molecular flexibility index (Phi) is 7.83. The number of hydrogen-bond acceptors (Lipinski definition) is 9. The van der Waals surface area contributed by atoms with Crippen LogP contribution in [0.4, 0.5) is 11.6 Å². The SMILES string of the molecule is C=N/C=C(/C=O)SCNc1cc(N2CCN(CCO)CC2)nc(C)n1. The average molecular weight is 364 g/mol. The number of carbonyl (C=O) groups excluding carboxylic acids is 1. The van der Waals surface area contributed by atoms with Crippen LogP contribution in [-0.2, 0) is 4.79 Å². The summed E-state index contributed by atoms with van der Waals surface area (Å²) in [5, 5.41) is 12.2. The van der Waals surface area contributed by atoms with E-state index < -0.39 is 0 Å². The summed E-state index contributed by atoms with van der Waals surface area (Å²) in [6.45, 7) is 9.67. The van der Waals surface area contributed by atoms with Crippen molar-refractivity contribution in [2.24, 2.45) is 4.99 Å². The number of aliphatic hydroxyl groups is 1. The van der Waals surface area contributed by atoms with Crippen molar-refractivity contribution in [1.82, 2.24) is 14.9 Å². The Morgan fingerprint density at radius 3 is 2.84 bits per heavy atom. The number of aliphatic imine (C=N–C) groups is 1. The molecule has 9 heteroatoms. The first-order valence-corrected chi connectivity index (χ1v) is 9.06. The molecule has 1 aliphatic rings. The fourth-order valence-corrected chi connectivity index (χ4v) is 3.14. The van der Waals surface area contributed by atoms with Crippen LogP contribution in [0.2, 0.25) is 0 Å². The molecule has 8 nitrogen and oxygen atoms in total. The van der Waals surface area contributed by atoms with E-state index in [4.69, 9.17) is 5.11 Å². The molecule has 0 unspecified atom stereocenters. The molecule has 0 atom stereocenters. The summed E-state index contributed by atoms with van der Waals surface area (Å²) in [5.41, 5.74) is 0. The maximum atomic E-state index is 10.9. The maximum Gasteiger partial charge on any atom is 0.158 e. The van der Waals surface area contributed by atoms with Crippen LogP contribution in [0.3, 0.4) is 0 Å². The number of nitrogens with one attached hydrogen (secondary N) is 1. The summed E-state index contributed by atoms with van der Waals surface area (Å²) in [6, 6.07) is 1.92. The summed E-state index contributed by atoms with van der Waals surface area (Å²) in [5.74, 6) is 2.81. The van der Waals surface area contributed by atoms with Crippen molar-refractivity contribution in [1.29, 1.82) is 0 Å². The van der Waals surface area contributed by atoms with Crippen molar-refractivity contribution in [3.8, 4) is 0 Å². The number of hydrogen-bond donors (Lipinski definition) is 2. The van der Waals surface area contributed by atoms with Gasteiger partial charge in [0.1, 0.15) is 17.5 Å². The zero-order valence-corrected chi connectivity index (χ0v) is 15.2. The highest BCUT2D eigenvalue weighted by atomic mass is 32.2. The third kappa shape index (κ3) is 6.11. The highest BCUT2D eigenvalue weighted by Gasteiger charge is 2.18.